The molecule has 3 aliphatic rings. The molecule has 6 unspecified atom stereocenters. The van der Waals surface area contributed by atoms with Crippen LogP contribution >= 0.6 is 0 Å². The summed E-state index contributed by atoms with van der Waals surface area (Å²) in [6, 6.07) is 0. The first-order valence-electron chi connectivity index (χ1n) is 5.73. The minimum absolute atomic E-state index is 0.0485. The number of fused-ring (bicyclic) bond motifs is 5. The van der Waals surface area contributed by atoms with Crippen LogP contribution in [0.1, 0.15) is 12.8 Å². The van der Waals surface area contributed by atoms with Crippen LogP contribution in [0, 0.1) is 35.5 Å². The van der Waals surface area contributed by atoms with Crippen molar-refractivity contribution < 1.29 is 19.8 Å². The van der Waals surface area contributed by atoms with Gasteiger partial charge in [-0.15, -0.1) is 0 Å². The standard InChI is InChI=1S/C12H14O4/c13-11(14)9-7-4-8(10(9)12(15)16)6-3-1-2-5(6)7/h1-2,5-10H,3-4H2,(H,13,14)(H,15,16). The maximum atomic E-state index is 11.2. The predicted molar refractivity (Wildman–Crippen MR) is 54.6 cm³/mol. The molecule has 0 amide bonds. The molecule has 0 saturated heterocycles. The van der Waals surface area contributed by atoms with E-state index in [1.54, 1.807) is 0 Å². The van der Waals surface area contributed by atoms with Crippen LogP contribution in [-0.4, -0.2) is 22.2 Å². The van der Waals surface area contributed by atoms with Crippen molar-refractivity contribution in [3.63, 3.8) is 0 Å². The van der Waals surface area contributed by atoms with Crippen LogP contribution in [0.3, 0.4) is 0 Å². The minimum Gasteiger partial charge on any atom is -0.481 e. The van der Waals surface area contributed by atoms with Crippen molar-refractivity contribution in [2.75, 3.05) is 0 Å². The molecular weight excluding hydrogens is 208 g/mol. The minimum atomic E-state index is -0.932. The molecule has 4 heteroatoms. The third kappa shape index (κ3) is 1.05. The summed E-state index contributed by atoms with van der Waals surface area (Å²) >= 11 is 0. The highest BCUT2D eigenvalue weighted by Gasteiger charge is 2.62. The van der Waals surface area contributed by atoms with Crippen molar-refractivity contribution in [1.82, 2.24) is 0 Å². The lowest BCUT2D eigenvalue weighted by atomic mass is 9.69. The molecule has 86 valence electrons. The molecule has 0 heterocycles. The maximum Gasteiger partial charge on any atom is 0.307 e. The number of carbonyl (C=O) groups is 2. The molecule has 0 radical (unpaired) electrons. The molecule has 2 saturated carbocycles. The van der Waals surface area contributed by atoms with Crippen LogP contribution in [-0.2, 0) is 9.59 Å². The number of allylic oxidation sites excluding steroid dienone is 2. The number of carboxylic acid groups (broad SMARTS) is 2. The summed E-state index contributed by atoms with van der Waals surface area (Å²) in [5, 5.41) is 18.4. The molecule has 0 aromatic carbocycles. The Hall–Kier alpha value is -1.32. The van der Waals surface area contributed by atoms with E-state index >= 15 is 0 Å². The molecular formula is C12H14O4. The van der Waals surface area contributed by atoms with E-state index < -0.39 is 23.8 Å². The predicted octanol–water partition coefficient (Wildman–Crippen LogP) is 1.23. The Bertz CT molecular complexity index is 386. The zero-order chi connectivity index (χ0) is 11.4. The van der Waals surface area contributed by atoms with E-state index in [4.69, 9.17) is 0 Å². The Morgan fingerprint density at radius 1 is 1.00 bits per heavy atom. The highest BCUT2D eigenvalue weighted by atomic mass is 16.4. The van der Waals surface area contributed by atoms with E-state index in [-0.39, 0.29) is 11.8 Å². The van der Waals surface area contributed by atoms with Crippen LogP contribution in [0.25, 0.3) is 0 Å². The van der Waals surface area contributed by atoms with Crippen LogP contribution < -0.4 is 0 Å². The van der Waals surface area contributed by atoms with Crippen molar-refractivity contribution in [2.45, 2.75) is 12.8 Å². The Morgan fingerprint density at radius 2 is 1.62 bits per heavy atom. The van der Waals surface area contributed by atoms with Gasteiger partial charge in [0.2, 0.25) is 0 Å². The average molecular weight is 222 g/mol. The van der Waals surface area contributed by atoms with E-state index in [2.05, 4.69) is 12.2 Å². The highest BCUT2D eigenvalue weighted by Crippen LogP contribution is 2.61. The van der Waals surface area contributed by atoms with Gasteiger partial charge in [-0.05, 0) is 36.5 Å². The first-order chi connectivity index (χ1) is 7.61. The van der Waals surface area contributed by atoms with E-state index in [1.807, 2.05) is 0 Å². The number of hydrogen-bond acceptors (Lipinski definition) is 2. The van der Waals surface area contributed by atoms with Gasteiger partial charge in [-0.3, -0.25) is 9.59 Å². The zero-order valence-electron chi connectivity index (χ0n) is 8.74. The fourth-order valence-electron chi connectivity index (χ4n) is 4.26. The molecule has 2 N–H and O–H groups in total. The monoisotopic (exact) mass is 222 g/mol. The first-order valence-corrected chi connectivity index (χ1v) is 5.73. The van der Waals surface area contributed by atoms with Gasteiger partial charge in [-0.2, -0.15) is 0 Å². The van der Waals surface area contributed by atoms with Gasteiger partial charge in [-0.25, -0.2) is 0 Å². The topological polar surface area (TPSA) is 74.6 Å². The van der Waals surface area contributed by atoms with E-state index in [0.717, 1.165) is 12.8 Å². The Balaban J connectivity index is 1.97. The SMILES string of the molecule is O=C(O)C1C2CC(C3CC=CC32)C1C(=O)O. The number of hydrogen-bond donors (Lipinski definition) is 2. The molecule has 0 aromatic heterocycles. The molecule has 16 heavy (non-hydrogen) atoms. The van der Waals surface area contributed by atoms with Crippen molar-refractivity contribution >= 4 is 11.9 Å². The van der Waals surface area contributed by atoms with Crippen molar-refractivity contribution in [1.29, 1.82) is 0 Å². The lowest BCUT2D eigenvalue weighted by Crippen LogP contribution is -2.40. The molecule has 0 spiro atoms. The van der Waals surface area contributed by atoms with Gasteiger partial charge in [0.05, 0.1) is 11.8 Å². The van der Waals surface area contributed by atoms with Gasteiger partial charge in [0.1, 0.15) is 0 Å². The van der Waals surface area contributed by atoms with E-state index in [1.165, 1.54) is 0 Å². The van der Waals surface area contributed by atoms with Crippen molar-refractivity contribution in [3.8, 4) is 0 Å². The largest absolute Gasteiger partial charge is 0.481 e. The molecule has 0 aliphatic heterocycles. The third-order valence-electron chi connectivity index (χ3n) is 4.73. The number of rotatable bonds is 2. The van der Waals surface area contributed by atoms with Crippen LogP contribution in [0.5, 0.6) is 0 Å². The van der Waals surface area contributed by atoms with Crippen LogP contribution in [0.2, 0.25) is 0 Å². The Kier molecular flexibility index (Phi) is 1.91. The molecule has 3 aliphatic carbocycles. The molecule has 4 nitrogen and oxygen atoms in total. The highest BCUT2D eigenvalue weighted by molar-refractivity contribution is 5.82. The Morgan fingerprint density at radius 3 is 2.25 bits per heavy atom. The summed E-state index contributed by atoms with van der Waals surface area (Å²) in [7, 11) is 0. The van der Waals surface area contributed by atoms with Crippen LogP contribution in [0.15, 0.2) is 12.2 Å². The molecule has 6 atom stereocenters. The fraction of sp³-hybridized carbons (Fsp3) is 0.667. The lowest BCUT2D eigenvalue weighted by molar-refractivity contribution is -0.158. The zero-order valence-corrected chi connectivity index (χ0v) is 8.74. The number of aliphatic carboxylic acids is 2. The van der Waals surface area contributed by atoms with Gasteiger partial charge in [-0.1, -0.05) is 12.2 Å². The van der Waals surface area contributed by atoms with Crippen LogP contribution in [0.4, 0.5) is 0 Å². The van der Waals surface area contributed by atoms with Gasteiger partial charge in [0.25, 0.3) is 0 Å². The molecule has 2 fully saturated rings. The number of carboxylic acids is 2. The fourth-order valence-corrected chi connectivity index (χ4v) is 4.26. The van der Waals surface area contributed by atoms with Gasteiger partial charge >= 0.3 is 11.9 Å². The van der Waals surface area contributed by atoms with E-state index in [0.29, 0.717) is 11.8 Å². The van der Waals surface area contributed by atoms with Gasteiger partial charge in [0, 0.05) is 0 Å². The summed E-state index contributed by atoms with van der Waals surface area (Å²) < 4.78 is 0. The smallest absolute Gasteiger partial charge is 0.307 e. The summed E-state index contributed by atoms with van der Waals surface area (Å²) in [5.41, 5.74) is 0. The molecule has 2 bridgehead atoms. The van der Waals surface area contributed by atoms with Gasteiger partial charge in [0.15, 0.2) is 0 Å². The molecule has 3 rings (SSSR count). The molecule has 0 aromatic rings. The second-order valence-corrected chi connectivity index (χ2v) is 5.20. The Labute approximate surface area is 93.0 Å². The summed E-state index contributed by atoms with van der Waals surface area (Å²) in [6.45, 7) is 0. The third-order valence-corrected chi connectivity index (χ3v) is 4.73. The van der Waals surface area contributed by atoms with Gasteiger partial charge < -0.3 is 10.2 Å². The lowest BCUT2D eigenvalue weighted by Gasteiger charge is -2.33. The quantitative estimate of drug-likeness (QED) is 0.689. The second kappa shape index (κ2) is 3.09. The second-order valence-electron chi connectivity index (χ2n) is 5.20. The summed E-state index contributed by atoms with van der Waals surface area (Å²) in [5.74, 6) is -2.36. The van der Waals surface area contributed by atoms with E-state index in [9.17, 15) is 19.8 Å². The first kappa shape index (κ1) is 9.87. The average Bonchev–Trinajstić information content (AvgIpc) is 2.87. The maximum absolute atomic E-state index is 11.2. The van der Waals surface area contributed by atoms with Crippen molar-refractivity contribution in [3.05, 3.63) is 12.2 Å². The normalized spacial score (nSPS) is 48.2. The summed E-state index contributed by atoms with van der Waals surface area (Å²) in [4.78, 5) is 22.4. The van der Waals surface area contributed by atoms with Crippen molar-refractivity contribution in [2.24, 2.45) is 35.5 Å². The summed E-state index contributed by atoms with van der Waals surface area (Å²) in [6.07, 6.45) is 5.90.